The number of thiazole rings is 1. The molecule has 0 radical (unpaired) electrons. The molecule has 2 heterocycles. The number of hydrogen-bond acceptors (Lipinski definition) is 4. The lowest BCUT2D eigenvalue weighted by atomic mass is 10.1. The number of fused-ring (bicyclic) bond motifs is 1. The number of benzene rings is 2. The molecule has 2 aromatic carbocycles. The highest BCUT2D eigenvalue weighted by Gasteiger charge is 2.28. The van der Waals surface area contributed by atoms with Crippen molar-refractivity contribution in [2.75, 3.05) is 18.1 Å². The number of amides is 1. The molecule has 1 aromatic heterocycles. The van der Waals surface area contributed by atoms with Crippen molar-refractivity contribution in [3.63, 3.8) is 0 Å². The Labute approximate surface area is 178 Å². The second-order valence-electron chi connectivity index (χ2n) is 7.10. The normalized spacial score (nSPS) is 16.6. The highest BCUT2D eigenvalue weighted by Crippen LogP contribution is 2.34. The molecule has 0 bridgehead atoms. The minimum absolute atomic E-state index is 0.00300. The number of halogens is 2. The summed E-state index contributed by atoms with van der Waals surface area (Å²) in [6, 6.07) is 9.14. The number of aryl methyl sites for hydroxylation is 2. The van der Waals surface area contributed by atoms with Crippen molar-refractivity contribution in [3.05, 3.63) is 57.1 Å². The van der Waals surface area contributed by atoms with Gasteiger partial charge in [0.1, 0.15) is 0 Å². The number of nitrogens with zero attached hydrogens (tertiary/aromatic N) is 2. The molecule has 1 atom stereocenters. The Bertz CT molecular complexity index is 1040. The number of hydrogen-bond donors (Lipinski definition) is 0. The van der Waals surface area contributed by atoms with Gasteiger partial charge in [-0.1, -0.05) is 40.6 Å². The molecule has 0 aliphatic carbocycles. The van der Waals surface area contributed by atoms with Gasteiger partial charge in [0.15, 0.2) is 5.13 Å². The number of rotatable bonds is 4. The third-order valence-electron chi connectivity index (χ3n) is 4.86. The van der Waals surface area contributed by atoms with Gasteiger partial charge in [0.05, 0.1) is 33.5 Å². The van der Waals surface area contributed by atoms with E-state index in [1.165, 1.54) is 16.9 Å². The molecule has 28 heavy (non-hydrogen) atoms. The molecule has 0 N–H and O–H groups in total. The monoisotopic (exact) mass is 434 g/mol. The van der Waals surface area contributed by atoms with E-state index in [9.17, 15) is 4.79 Å². The van der Waals surface area contributed by atoms with E-state index in [0.717, 1.165) is 35.2 Å². The van der Waals surface area contributed by atoms with Crippen LogP contribution in [0, 0.1) is 13.8 Å². The molecule has 146 valence electrons. The largest absolute Gasteiger partial charge is 0.376 e. The number of ether oxygens (including phenoxy) is 1. The molecule has 1 aliphatic heterocycles. The first-order chi connectivity index (χ1) is 13.4. The second kappa shape index (κ2) is 7.99. The molecule has 1 aliphatic rings. The van der Waals surface area contributed by atoms with E-state index < -0.39 is 0 Å². The van der Waals surface area contributed by atoms with Crippen LogP contribution in [0.25, 0.3) is 10.2 Å². The summed E-state index contributed by atoms with van der Waals surface area (Å²) in [5, 5.41) is 1.50. The van der Waals surface area contributed by atoms with Crippen LogP contribution in [0.2, 0.25) is 10.0 Å². The molecule has 1 amide bonds. The first-order valence-corrected chi connectivity index (χ1v) is 10.8. The Kier molecular flexibility index (Phi) is 5.61. The Balaban J connectivity index is 1.78. The summed E-state index contributed by atoms with van der Waals surface area (Å²) in [5.41, 5.74) is 3.57. The van der Waals surface area contributed by atoms with Gasteiger partial charge in [-0.3, -0.25) is 9.69 Å². The second-order valence-corrected chi connectivity index (χ2v) is 8.95. The molecule has 0 spiro atoms. The van der Waals surface area contributed by atoms with E-state index >= 15 is 0 Å². The van der Waals surface area contributed by atoms with Crippen LogP contribution >= 0.6 is 34.5 Å². The maximum absolute atomic E-state index is 13.4. The molecule has 3 aromatic rings. The fourth-order valence-corrected chi connectivity index (χ4v) is 5.04. The van der Waals surface area contributed by atoms with Gasteiger partial charge in [0.25, 0.3) is 5.91 Å². The zero-order chi connectivity index (χ0) is 19.8. The van der Waals surface area contributed by atoms with Gasteiger partial charge in [0, 0.05) is 11.6 Å². The maximum atomic E-state index is 13.4. The fraction of sp³-hybridized carbons (Fsp3) is 0.333. The average Bonchev–Trinajstić information content (AvgIpc) is 3.30. The zero-order valence-corrected chi connectivity index (χ0v) is 18.0. The van der Waals surface area contributed by atoms with Crippen molar-refractivity contribution >= 4 is 55.8 Å². The Morgan fingerprint density at radius 1 is 1.29 bits per heavy atom. The number of carbonyl (C=O) groups excluding carboxylic acids is 1. The van der Waals surface area contributed by atoms with Gasteiger partial charge in [0.2, 0.25) is 0 Å². The van der Waals surface area contributed by atoms with Crippen LogP contribution in [-0.2, 0) is 4.74 Å². The van der Waals surface area contributed by atoms with E-state index in [-0.39, 0.29) is 12.0 Å². The molecule has 7 heteroatoms. The van der Waals surface area contributed by atoms with Gasteiger partial charge in [-0.2, -0.15) is 0 Å². The highest BCUT2D eigenvalue weighted by molar-refractivity contribution is 7.22. The Morgan fingerprint density at radius 2 is 2.11 bits per heavy atom. The van der Waals surface area contributed by atoms with Crippen LogP contribution in [-0.4, -0.2) is 30.1 Å². The predicted molar refractivity (Wildman–Crippen MR) is 116 cm³/mol. The van der Waals surface area contributed by atoms with Crippen molar-refractivity contribution in [2.24, 2.45) is 0 Å². The van der Waals surface area contributed by atoms with Crippen LogP contribution in [0.4, 0.5) is 5.13 Å². The van der Waals surface area contributed by atoms with E-state index in [1.54, 1.807) is 23.1 Å². The van der Waals surface area contributed by atoms with E-state index in [0.29, 0.717) is 27.3 Å². The van der Waals surface area contributed by atoms with Gasteiger partial charge >= 0.3 is 0 Å². The van der Waals surface area contributed by atoms with Crippen molar-refractivity contribution < 1.29 is 9.53 Å². The highest BCUT2D eigenvalue weighted by atomic mass is 35.5. The lowest BCUT2D eigenvalue weighted by Crippen LogP contribution is -2.37. The molecule has 1 unspecified atom stereocenters. The first-order valence-electron chi connectivity index (χ1n) is 9.18. The van der Waals surface area contributed by atoms with Crippen molar-refractivity contribution in [1.29, 1.82) is 0 Å². The van der Waals surface area contributed by atoms with Crippen LogP contribution in [0.5, 0.6) is 0 Å². The van der Waals surface area contributed by atoms with Gasteiger partial charge in [-0.15, -0.1) is 0 Å². The number of carbonyl (C=O) groups is 1. The molecular formula is C21H20Cl2N2O2S. The van der Waals surface area contributed by atoms with Gasteiger partial charge in [-0.25, -0.2) is 4.98 Å². The standard InChI is InChI=1S/C21H20Cl2N2O2S/c1-12-8-13(2)19-18(9-12)28-21(24-19)25(11-15-4-3-7-27-15)20(26)16-10-14(22)5-6-17(16)23/h5-6,8-10,15H,3-4,7,11H2,1-2H3. The van der Waals surface area contributed by atoms with Crippen LogP contribution in [0.1, 0.15) is 34.3 Å². The Morgan fingerprint density at radius 3 is 2.86 bits per heavy atom. The summed E-state index contributed by atoms with van der Waals surface area (Å²) < 4.78 is 6.85. The summed E-state index contributed by atoms with van der Waals surface area (Å²) in [6.45, 7) is 5.27. The van der Waals surface area contributed by atoms with Gasteiger partial charge < -0.3 is 4.74 Å². The van der Waals surface area contributed by atoms with Crippen LogP contribution in [0.15, 0.2) is 30.3 Å². The van der Waals surface area contributed by atoms with Crippen molar-refractivity contribution in [3.8, 4) is 0 Å². The molecule has 1 saturated heterocycles. The van der Waals surface area contributed by atoms with E-state index in [1.807, 2.05) is 6.92 Å². The number of aromatic nitrogens is 1. The Hall–Kier alpha value is -1.66. The third-order valence-corrected chi connectivity index (χ3v) is 6.45. The summed E-state index contributed by atoms with van der Waals surface area (Å²) in [4.78, 5) is 19.9. The fourth-order valence-electron chi connectivity index (χ4n) is 3.52. The summed E-state index contributed by atoms with van der Waals surface area (Å²) in [7, 11) is 0. The smallest absolute Gasteiger partial charge is 0.261 e. The summed E-state index contributed by atoms with van der Waals surface area (Å²) in [5.74, 6) is -0.212. The molecule has 4 nitrogen and oxygen atoms in total. The quantitative estimate of drug-likeness (QED) is 0.501. The maximum Gasteiger partial charge on any atom is 0.261 e. The van der Waals surface area contributed by atoms with Crippen molar-refractivity contribution in [1.82, 2.24) is 4.98 Å². The topological polar surface area (TPSA) is 42.4 Å². The molecule has 4 rings (SSSR count). The first kappa shape index (κ1) is 19.6. The third kappa shape index (κ3) is 3.90. The summed E-state index contributed by atoms with van der Waals surface area (Å²) >= 11 is 13.9. The van der Waals surface area contributed by atoms with Crippen molar-refractivity contribution in [2.45, 2.75) is 32.8 Å². The van der Waals surface area contributed by atoms with E-state index in [2.05, 4.69) is 19.1 Å². The lowest BCUT2D eigenvalue weighted by Gasteiger charge is -2.23. The summed E-state index contributed by atoms with van der Waals surface area (Å²) in [6.07, 6.45) is 1.93. The molecule has 1 fully saturated rings. The zero-order valence-electron chi connectivity index (χ0n) is 15.7. The minimum atomic E-state index is -0.212. The molecule has 0 saturated carbocycles. The minimum Gasteiger partial charge on any atom is -0.376 e. The number of anilines is 1. The predicted octanol–water partition coefficient (Wildman–Crippen LogP) is 6.05. The average molecular weight is 435 g/mol. The molecular weight excluding hydrogens is 415 g/mol. The van der Waals surface area contributed by atoms with E-state index in [4.69, 9.17) is 32.9 Å². The van der Waals surface area contributed by atoms with Crippen LogP contribution < -0.4 is 4.90 Å². The van der Waals surface area contributed by atoms with Crippen LogP contribution in [0.3, 0.4) is 0 Å². The lowest BCUT2D eigenvalue weighted by molar-refractivity contribution is 0.0917. The van der Waals surface area contributed by atoms with Gasteiger partial charge in [-0.05, 0) is 62.1 Å². The SMILES string of the molecule is Cc1cc(C)c2nc(N(CC3CCCO3)C(=O)c3cc(Cl)ccc3Cl)sc2c1.